The molecule has 0 radical (unpaired) electrons. The predicted octanol–water partition coefficient (Wildman–Crippen LogP) is 4.13. The lowest BCUT2D eigenvalue weighted by atomic mass is 9.49. The van der Waals surface area contributed by atoms with Gasteiger partial charge in [-0.1, -0.05) is 19.4 Å². The van der Waals surface area contributed by atoms with Crippen molar-refractivity contribution in [2.75, 3.05) is 0 Å². The summed E-state index contributed by atoms with van der Waals surface area (Å²) in [5, 5.41) is 10.7. The predicted molar refractivity (Wildman–Crippen MR) is 87.3 cm³/mol. The number of rotatable bonds is 1. The van der Waals surface area contributed by atoms with Crippen LogP contribution in [0.15, 0.2) is 11.6 Å². The highest BCUT2D eigenvalue weighted by molar-refractivity contribution is 5.91. The maximum atomic E-state index is 11.8. The molecule has 4 rings (SSSR count). The molecule has 0 heterocycles. The molecule has 3 fully saturated rings. The van der Waals surface area contributed by atoms with Gasteiger partial charge in [-0.15, -0.1) is 0 Å². The number of fused-ring (bicyclic) bond motifs is 5. The van der Waals surface area contributed by atoms with E-state index in [-0.39, 0.29) is 11.5 Å². The molecule has 122 valence electrons. The second-order valence-corrected chi connectivity index (χ2v) is 8.58. The van der Waals surface area contributed by atoms with Crippen molar-refractivity contribution in [3.8, 4) is 0 Å². The van der Waals surface area contributed by atoms with Gasteiger partial charge in [-0.2, -0.15) is 0 Å². The van der Waals surface area contributed by atoms with Crippen molar-refractivity contribution >= 4 is 5.78 Å². The van der Waals surface area contributed by atoms with Crippen molar-refractivity contribution in [3.63, 3.8) is 0 Å². The Labute approximate surface area is 134 Å². The van der Waals surface area contributed by atoms with Gasteiger partial charge >= 0.3 is 0 Å². The summed E-state index contributed by atoms with van der Waals surface area (Å²) in [7, 11) is 0. The fraction of sp³-hybridized carbons (Fsp3) is 0.850. The van der Waals surface area contributed by atoms with E-state index in [0.29, 0.717) is 17.6 Å². The van der Waals surface area contributed by atoms with Gasteiger partial charge in [0.25, 0.3) is 0 Å². The van der Waals surface area contributed by atoms with Gasteiger partial charge in [0, 0.05) is 6.42 Å². The molecule has 0 aliphatic heterocycles. The molecule has 7 unspecified atom stereocenters. The van der Waals surface area contributed by atoms with Gasteiger partial charge in [-0.25, -0.2) is 0 Å². The molecule has 22 heavy (non-hydrogen) atoms. The zero-order valence-electron chi connectivity index (χ0n) is 14.1. The monoisotopic (exact) mass is 302 g/mol. The van der Waals surface area contributed by atoms with Crippen LogP contribution >= 0.6 is 0 Å². The molecule has 0 amide bonds. The molecule has 0 saturated heterocycles. The van der Waals surface area contributed by atoms with Crippen LogP contribution in [0.5, 0.6) is 0 Å². The van der Waals surface area contributed by atoms with E-state index in [0.717, 1.165) is 49.9 Å². The van der Waals surface area contributed by atoms with E-state index in [4.69, 9.17) is 0 Å². The molecule has 7 atom stereocenters. The van der Waals surface area contributed by atoms with Crippen LogP contribution in [0.3, 0.4) is 0 Å². The third-order valence-corrected chi connectivity index (χ3v) is 7.97. The highest BCUT2D eigenvalue weighted by Crippen LogP contribution is 2.64. The minimum absolute atomic E-state index is 0.0690. The molecular weight excluding hydrogens is 272 g/mol. The molecule has 2 heteroatoms. The van der Waals surface area contributed by atoms with Gasteiger partial charge in [0.05, 0.1) is 6.10 Å². The van der Waals surface area contributed by atoms with Gasteiger partial charge < -0.3 is 5.11 Å². The fourth-order valence-corrected chi connectivity index (χ4v) is 7.05. The number of ketones is 1. The van der Waals surface area contributed by atoms with Gasteiger partial charge in [-0.05, 0) is 86.0 Å². The number of aliphatic hydroxyl groups is 1. The number of carbonyl (C=O) groups is 1. The first-order valence-corrected chi connectivity index (χ1v) is 9.48. The molecule has 1 N–H and O–H groups in total. The Kier molecular flexibility index (Phi) is 3.52. The number of hydrogen-bond donors (Lipinski definition) is 1. The van der Waals surface area contributed by atoms with Crippen molar-refractivity contribution < 1.29 is 9.90 Å². The smallest absolute Gasteiger partial charge is 0.155 e. The van der Waals surface area contributed by atoms with Crippen molar-refractivity contribution in [3.05, 3.63) is 11.6 Å². The molecule has 3 saturated carbocycles. The Morgan fingerprint density at radius 2 is 2.09 bits per heavy atom. The lowest BCUT2D eigenvalue weighted by Crippen LogP contribution is -2.51. The molecule has 2 nitrogen and oxygen atoms in total. The Balaban J connectivity index is 1.68. The third-order valence-electron chi connectivity index (χ3n) is 7.97. The van der Waals surface area contributed by atoms with Gasteiger partial charge in [0.2, 0.25) is 0 Å². The topological polar surface area (TPSA) is 37.3 Å². The summed E-state index contributed by atoms with van der Waals surface area (Å²) in [6.45, 7) is 4.70. The van der Waals surface area contributed by atoms with E-state index < -0.39 is 0 Å². The maximum absolute atomic E-state index is 11.8. The largest absolute Gasteiger partial charge is 0.393 e. The normalized spacial score (nSPS) is 50.9. The van der Waals surface area contributed by atoms with E-state index in [1.165, 1.54) is 24.8 Å². The molecule has 0 aromatic rings. The molecular formula is C20H30O2. The summed E-state index contributed by atoms with van der Waals surface area (Å²) in [6, 6.07) is 0. The molecule has 0 bridgehead atoms. The quantitative estimate of drug-likeness (QED) is 0.791. The van der Waals surface area contributed by atoms with Crippen LogP contribution in [-0.2, 0) is 4.79 Å². The van der Waals surface area contributed by atoms with Gasteiger partial charge in [0.15, 0.2) is 5.78 Å². The highest BCUT2D eigenvalue weighted by Gasteiger charge is 2.58. The Hall–Kier alpha value is -0.630. The summed E-state index contributed by atoms with van der Waals surface area (Å²) >= 11 is 0. The zero-order chi connectivity index (χ0) is 15.5. The average molecular weight is 302 g/mol. The standard InChI is InChI=1S/C20H30O2/c1-3-20-9-8-16-15-5-4-14(21)11-13(15)10-12(2)19(16)17(20)6-7-18(20)22/h11-12,15-19,22H,3-10H2,1-2H3. The van der Waals surface area contributed by atoms with E-state index in [1.54, 1.807) is 0 Å². The van der Waals surface area contributed by atoms with Crippen molar-refractivity contribution in [1.82, 2.24) is 0 Å². The van der Waals surface area contributed by atoms with Gasteiger partial charge in [0.1, 0.15) is 0 Å². The number of carbonyl (C=O) groups excluding carboxylic acids is 1. The molecule has 4 aliphatic rings. The Morgan fingerprint density at radius 1 is 1.27 bits per heavy atom. The fourth-order valence-electron chi connectivity index (χ4n) is 7.05. The summed E-state index contributed by atoms with van der Waals surface area (Å²) in [4.78, 5) is 11.8. The minimum atomic E-state index is -0.0690. The summed E-state index contributed by atoms with van der Waals surface area (Å²) in [6.07, 6.45) is 10.8. The average Bonchev–Trinajstić information content (AvgIpc) is 2.84. The van der Waals surface area contributed by atoms with Crippen LogP contribution in [0.1, 0.15) is 65.2 Å². The van der Waals surface area contributed by atoms with Gasteiger partial charge in [-0.3, -0.25) is 4.79 Å². The molecule has 0 aromatic carbocycles. The number of hydrogen-bond acceptors (Lipinski definition) is 2. The highest BCUT2D eigenvalue weighted by atomic mass is 16.3. The third kappa shape index (κ3) is 1.92. The SMILES string of the molecule is CCC12CCC3C4CCC(=O)C=C4CC(C)C3C1CCC2O. The second kappa shape index (κ2) is 5.19. The first-order chi connectivity index (χ1) is 10.6. The van der Waals surface area contributed by atoms with Crippen LogP contribution in [0.2, 0.25) is 0 Å². The second-order valence-electron chi connectivity index (χ2n) is 8.58. The van der Waals surface area contributed by atoms with Crippen molar-refractivity contribution in [2.24, 2.45) is 35.0 Å². The molecule has 4 aliphatic carbocycles. The van der Waals surface area contributed by atoms with Crippen LogP contribution in [0, 0.1) is 35.0 Å². The lowest BCUT2D eigenvalue weighted by Gasteiger charge is -2.56. The van der Waals surface area contributed by atoms with E-state index >= 15 is 0 Å². The first-order valence-electron chi connectivity index (χ1n) is 9.48. The summed E-state index contributed by atoms with van der Waals surface area (Å²) < 4.78 is 0. The summed E-state index contributed by atoms with van der Waals surface area (Å²) in [5.41, 5.74) is 1.67. The lowest BCUT2D eigenvalue weighted by molar-refractivity contribution is -0.116. The Morgan fingerprint density at radius 3 is 2.86 bits per heavy atom. The van der Waals surface area contributed by atoms with E-state index in [9.17, 15) is 9.90 Å². The maximum Gasteiger partial charge on any atom is 0.155 e. The zero-order valence-corrected chi connectivity index (χ0v) is 14.1. The van der Waals surface area contributed by atoms with E-state index in [1.807, 2.05) is 6.08 Å². The number of allylic oxidation sites excluding steroid dienone is 1. The first kappa shape index (κ1) is 14.9. The van der Waals surface area contributed by atoms with Crippen molar-refractivity contribution in [2.45, 2.75) is 71.3 Å². The van der Waals surface area contributed by atoms with Crippen LogP contribution < -0.4 is 0 Å². The van der Waals surface area contributed by atoms with Crippen LogP contribution in [0.25, 0.3) is 0 Å². The summed E-state index contributed by atoms with van der Waals surface area (Å²) in [5.74, 6) is 3.98. The Bertz CT molecular complexity index is 508. The molecule has 0 aromatic heterocycles. The van der Waals surface area contributed by atoms with E-state index in [2.05, 4.69) is 13.8 Å². The number of aliphatic hydroxyl groups excluding tert-OH is 1. The van der Waals surface area contributed by atoms with Crippen LogP contribution in [-0.4, -0.2) is 17.0 Å². The minimum Gasteiger partial charge on any atom is -0.393 e. The van der Waals surface area contributed by atoms with Crippen LogP contribution in [0.4, 0.5) is 0 Å². The molecule has 0 spiro atoms. The van der Waals surface area contributed by atoms with Crippen molar-refractivity contribution in [1.29, 1.82) is 0 Å².